The number of aryl methyl sites for hydroxylation is 1. The smallest absolute Gasteiger partial charge is 0.303 e. The van der Waals surface area contributed by atoms with E-state index in [0.29, 0.717) is 31.9 Å². The lowest BCUT2D eigenvalue weighted by molar-refractivity contribution is -0.137. The molecule has 2 rings (SSSR count). The van der Waals surface area contributed by atoms with Gasteiger partial charge in [0, 0.05) is 32.0 Å². The van der Waals surface area contributed by atoms with E-state index in [9.17, 15) is 9.59 Å². The summed E-state index contributed by atoms with van der Waals surface area (Å²) in [5, 5.41) is 9.10. The van der Waals surface area contributed by atoms with Crippen molar-refractivity contribution in [3.05, 3.63) is 71.3 Å². The second-order valence-corrected chi connectivity index (χ2v) is 7.14. The van der Waals surface area contributed by atoms with Crippen LogP contribution in [0, 0.1) is 0 Å². The molecule has 0 aromatic heterocycles. The Bertz CT molecular complexity index is 870. The van der Waals surface area contributed by atoms with Gasteiger partial charge >= 0.3 is 5.97 Å². The van der Waals surface area contributed by atoms with Gasteiger partial charge in [0.25, 0.3) is 0 Å². The molecule has 0 bridgehead atoms. The lowest BCUT2D eigenvalue weighted by Gasteiger charge is -2.17. The van der Waals surface area contributed by atoms with Crippen molar-refractivity contribution >= 4 is 17.4 Å². The molecule has 0 aliphatic heterocycles. The minimum Gasteiger partial charge on any atom is -0.493 e. The van der Waals surface area contributed by atoms with Gasteiger partial charge < -0.3 is 14.7 Å². The third-order valence-electron chi connectivity index (χ3n) is 5.03. The molecule has 0 unspecified atom stereocenters. The highest BCUT2D eigenvalue weighted by Crippen LogP contribution is 2.26. The average Bonchev–Trinajstić information content (AvgIpc) is 2.74. The number of carbonyl (C=O) groups is 2. The third kappa shape index (κ3) is 7.07. The Balaban J connectivity index is 2.17. The molecule has 0 aliphatic carbocycles. The summed E-state index contributed by atoms with van der Waals surface area (Å²) >= 11 is 0. The Morgan fingerprint density at radius 2 is 1.73 bits per heavy atom. The van der Waals surface area contributed by atoms with Crippen molar-refractivity contribution in [1.82, 2.24) is 4.90 Å². The zero-order valence-corrected chi connectivity index (χ0v) is 18.1. The number of carboxylic acids is 1. The van der Waals surface area contributed by atoms with Gasteiger partial charge in [-0.25, -0.2) is 0 Å². The summed E-state index contributed by atoms with van der Waals surface area (Å²) in [6, 6.07) is 15.8. The second-order valence-electron chi connectivity index (χ2n) is 7.14. The Morgan fingerprint density at radius 3 is 2.37 bits per heavy atom. The van der Waals surface area contributed by atoms with Gasteiger partial charge in [0.15, 0.2) is 0 Å². The first-order valence-corrected chi connectivity index (χ1v) is 10.4. The van der Waals surface area contributed by atoms with E-state index < -0.39 is 5.97 Å². The monoisotopic (exact) mass is 409 g/mol. The number of hydrogen-bond donors (Lipinski definition) is 1. The van der Waals surface area contributed by atoms with E-state index in [1.54, 1.807) is 11.0 Å². The van der Waals surface area contributed by atoms with Crippen LogP contribution in [0.3, 0.4) is 0 Å². The Morgan fingerprint density at radius 1 is 1.03 bits per heavy atom. The van der Waals surface area contributed by atoms with Crippen molar-refractivity contribution < 1.29 is 19.4 Å². The lowest BCUT2D eigenvalue weighted by atomic mass is 10.0. The summed E-state index contributed by atoms with van der Waals surface area (Å²) in [4.78, 5) is 25.2. The first-order valence-electron chi connectivity index (χ1n) is 10.4. The highest BCUT2D eigenvalue weighted by molar-refractivity contribution is 5.95. The molecule has 0 saturated heterocycles. The maximum absolute atomic E-state index is 12.4. The first-order chi connectivity index (χ1) is 14.4. The molecule has 2 aromatic rings. The summed E-state index contributed by atoms with van der Waals surface area (Å²) in [6.07, 6.45) is 2.82. The molecule has 0 spiro atoms. The van der Waals surface area contributed by atoms with Crippen LogP contribution in [0.5, 0.6) is 5.75 Å². The van der Waals surface area contributed by atoms with Crippen LogP contribution in [0.25, 0.3) is 5.57 Å². The molecule has 30 heavy (non-hydrogen) atoms. The van der Waals surface area contributed by atoms with E-state index in [-0.39, 0.29) is 12.3 Å². The van der Waals surface area contributed by atoms with E-state index in [1.807, 2.05) is 57.2 Å². The van der Waals surface area contributed by atoms with Crippen LogP contribution in [-0.4, -0.2) is 41.6 Å². The normalized spacial score (nSPS) is 11.2. The predicted molar refractivity (Wildman–Crippen MR) is 120 cm³/mol. The average molecular weight is 410 g/mol. The van der Waals surface area contributed by atoms with Crippen molar-refractivity contribution in [3.8, 4) is 5.75 Å². The first kappa shape index (κ1) is 23.2. The number of nitrogens with zero attached hydrogens (tertiary/aromatic N) is 1. The van der Waals surface area contributed by atoms with Gasteiger partial charge in [-0.2, -0.15) is 0 Å². The second kappa shape index (κ2) is 11.8. The van der Waals surface area contributed by atoms with Crippen molar-refractivity contribution in [2.24, 2.45) is 0 Å². The van der Waals surface area contributed by atoms with E-state index >= 15 is 0 Å². The number of ether oxygens (including phenoxy) is 1. The summed E-state index contributed by atoms with van der Waals surface area (Å²) < 4.78 is 5.97. The fourth-order valence-electron chi connectivity index (χ4n) is 3.22. The molecular weight excluding hydrogens is 378 g/mol. The van der Waals surface area contributed by atoms with Gasteiger partial charge in [0.2, 0.25) is 5.91 Å². The zero-order valence-electron chi connectivity index (χ0n) is 18.1. The molecule has 0 atom stereocenters. The molecular formula is C25H31NO4. The van der Waals surface area contributed by atoms with Gasteiger partial charge in [-0.15, -0.1) is 0 Å². The molecule has 0 aliphatic rings. The highest BCUT2D eigenvalue weighted by Gasteiger charge is 2.11. The molecule has 0 fully saturated rings. The number of rotatable bonds is 11. The van der Waals surface area contributed by atoms with Gasteiger partial charge in [-0.1, -0.05) is 36.4 Å². The molecule has 1 amide bonds. The maximum Gasteiger partial charge on any atom is 0.303 e. The molecule has 0 heterocycles. The quantitative estimate of drug-likeness (QED) is 0.551. The van der Waals surface area contributed by atoms with E-state index in [0.717, 1.165) is 23.1 Å². The molecule has 2 aromatic carbocycles. The Labute approximate surface area is 179 Å². The number of benzene rings is 2. The summed E-state index contributed by atoms with van der Waals surface area (Å²) in [5.41, 5.74) is 3.77. The zero-order chi connectivity index (χ0) is 21.9. The highest BCUT2D eigenvalue weighted by atomic mass is 16.5. The standard InChI is InChI=1S/C25H31NO4/c1-4-26(5-2)24(27)17-19(3)21-11-13-23(22(18-21)12-14-25(28)29)30-16-15-20-9-7-6-8-10-20/h6-11,13,17-18H,4-5,12,14-16H2,1-3H3,(H,28,29)/b19-17+. The maximum atomic E-state index is 12.4. The molecule has 1 N–H and O–H groups in total. The lowest BCUT2D eigenvalue weighted by Crippen LogP contribution is -2.28. The number of carboxylic acid groups (broad SMARTS) is 1. The van der Waals surface area contributed by atoms with Crippen LogP contribution in [-0.2, 0) is 22.4 Å². The van der Waals surface area contributed by atoms with Crippen molar-refractivity contribution in [2.75, 3.05) is 19.7 Å². The van der Waals surface area contributed by atoms with Crippen LogP contribution in [0.15, 0.2) is 54.6 Å². The van der Waals surface area contributed by atoms with Crippen molar-refractivity contribution in [2.45, 2.75) is 40.0 Å². The summed E-state index contributed by atoms with van der Waals surface area (Å²) in [6.45, 7) is 7.65. The van der Waals surface area contributed by atoms with Crippen molar-refractivity contribution in [3.63, 3.8) is 0 Å². The number of aliphatic carboxylic acids is 1. The van der Waals surface area contributed by atoms with E-state index in [4.69, 9.17) is 9.84 Å². The number of amides is 1. The van der Waals surface area contributed by atoms with E-state index in [2.05, 4.69) is 12.1 Å². The number of likely N-dealkylation sites (N-methyl/N-ethyl adjacent to an activating group) is 1. The molecule has 5 nitrogen and oxygen atoms in total. The van der Waals surface area contributed by atoms with Gasteiger partial charge in [0.05, 0.1) is 6.61 Å². The number of allylic oxidation sites excluding steroid dienone is 1. The molecule has 160 valence electrons. The van der Waals surface area contributed by atoms with Crippen LogP contribution < -0.4 is 4.74 Å². The minimum absolute atomic E-state index is 0.0206. The van der Waals surface area contributed by atoms with Crippen LogP contribution in [0.2, 0.25) is 0 Å². The van der Waals surface area contributed by atoms with Gasteiger partial charge in [0.1, 0.15) is 5.75 Å². The molecule has 0 saturated carbocycles. The third-order valence-corrected chi connectivity index (χ3v) is 5.03. The van der Waals surface area contributed by atoms with Crippen LogP contribution >= 0.6 is 0 Å². The van der Waals surface area contributed by atoms with Crippen molar-refractivity contribution in [1.29, 1.82) is 0 Å². The fourth-order valence-corrected chi connectivity index (χ4v) is 3.22. The Kier molecular flexibility index (Phi) is 9.13. The Hall–Kier alpha value is -3.08. The number of hydrogen-bond acceptors (Lipinski definition) is 3. The van der Waals surface area contributed by atoms with Gasteiger partial charge in [-0.3, -0.25) is 9.59 Å². The largest absolute Gasteiger partial charge is 0.493 e. The predicted octanol–water partition coefficient (Wildman–Crippen LogP) is 4.60. The minimum atomic E-state index is -0.848. The fraction of sp³-hybridized carbons (Fsp3) is 0.360. The van der Waals surface area contributed by atoms with Crippen LogP contribution in [0.4, 0.5) is 0 Å². The van der Waals surface area contributed by atoms with Gasteiger partial charge in [-0.05, 0) is 61.6 Å². The summed E-state index contributed by atoms with van der Waals surface area (Å²) in [5.74, 6) is -0.175. The summed E-state index contributed by atoms with van der Waals surface area (Å²) in [7, 11) is 0. The van der Waals surface area contributed by atoms with E-state index in [1.165, 1.54) is 5.56 Å². The molecule has 0 radical (unpaired) electrons. The van der Waals surface area contributed by atoms with Crippen LogP contribution in [0.1, 0.15) is 43.9 Å². The molecule has 5 heteroatoms. The number of carbonyl (C=O) groups excluding carboxylic acids is 1. The SMILES string of the molecule is CCN(CC)C(=O)/C=C(\C)c1ccc(OCCc2ccccc2)c(CCC(=O)O)c1. The topological polar surface area (TPSA) is 66.8 Å².